The molecule has 1 aliphatic rings. The number of hydrogen-bond donors (Lipinski definition) is 3. The zero-order chi connectivity index (χ0) is 13.1. The summed E-state index contributed by atoms with van der Waals surface area (Å²) in [4.78, 5) is 1.22. The Morgan fingerprint density at radius 2 is 2.21 bits per heavy atom. The number of nitrogens with zero attached hydrogens (tertiary/aromatic N) is 1. The van der Waals surface area contributed by atoms with Gasteiger partial charge in [0.1, 0.15) is 5.82 Å². The molecule has 3 heterocycles. The highest BCUT2D eigenvalue weighted by atomic mass is 35.5. The number of piperidine rings is 1. The minimum Gasteiger partial charge on any atom is -0.364 e. The van der Waals surface area contributed by atoms with Gasteiger partial charge in [0.25, 0.3) is 0 Å². The van der Waals surface area contributed by atoms with Crippen LogP contribution in [-0.2, 0) is 6.54 Å². The predicted molar refractivity (Wildman–Crippen MR) is 80.1 cm³/mol. The SMILES string of the molecule is Clc1ccc(CNc2cc(C3CCNCC3)[nH]n2)s1. The van der Waals surface area contributed by atoms with E-state index >= 15 is 0 Å². The molecule has 4 nitrogen and oxygen atoms in total. The molecule has 0 aromatic carbocycles. The van der Waals surface area contributed by atoms with Crippen LogP contribution in [0.25, 0.3) is 0 Å². The number of aromatic amines is 1. The van der Waals surface area contributed by atoms with Crippen LogP contribution in [0.1, 0.15) is 29.3 Å². The first-order valence-electron chi connectivity index (χ1n) is 6.55. The van der Waals surface area contributed by atoms with E-state index in [0.717, 1.165) is 29.8 Å². The van der Waals surface area contributed by atoms with Gasteiger partial charge in [-0.25, -0.2) is 0 Å². The second-order valence-electron chi connectivity index (χ2n) is 4.79. The van der Waals surface area contributed by atoms with Crippen LogP contribution >= 0.6 is 22.9 Å². The summed E-state index contributed by atoms with van der Waals surface area (Å²) in [7, 11) is 0. The number of anilines is 1. The summed E-state index contributed by atoms with van der Waals surface area (Å²) >= 11 is 7.51. The molecule has 2 aromatic rings. The second-order valence-corrected chi connectivity index (χ2v) is 6.59. The van der Waals surface area contributed by atoms with E-state index in [1.165, 1.54) is 23.4 Å². The number of hydrogen-bond acceptors (Lipinski definition) is 4. The minimum absolute atomic E-state index is 0.612. The van der Waals surface area contributed by atoms with E-state index in [4.69, 9.17) is 11.6 Å². The van der Waals surface area contributed by atoms with Crippen molar-refractivity contribution in [3.8, 4) is 0 Å². The normalized spacial score (nSPS) is 16.7. The highest BCUT2D eigenvalue weighted by Crippen LogP contribution is 2.26. The quantitative estimate of drug-likeness (QED) is 0.812. The molecule has 2 aromatic heterocycles. The molecule has 1 aliphatic heterocycles. The van der Waals surface area contributed by atoms with E-state index in [1.807, 2.05) is 12.1 Å². The number of halogens is 1. The van der Waals surface area contributed by atoms with Gasteiger partial charge in [-0.2, -0.15) is 5.10 Å². The van der Waals surface area contributed by atoms with Crippen LogP contribution in [0.2, 0.25) is 4.34 Å². The number of rotatable bonds is 4. The van der Waals surface area contributed by atoms with Crippen LogP contribution in [-0.4, -0.2) is 23.3 Å². The largest absolute Gasteiger partial charge is 0.364 e. The lowest BCUT2D eigenvalue weighted by molar-refractivity contribution is 0.453. The molecule has 1 saturated heterocycles. The smallest absolute Gasteiger partial charge is 0.148 e. The molecule has 0 saturated carbocycles. The van der Waals surface area contributed by atoms with Gasteiger partial charge in [0, 0.05) is 22.6 Å². The first-order chi connectivity index (χ1) is 9.31. The molecule has 19 heavy (non-hydrogen) atoms. The third-order valence-corrected chi connectivity index (χ3v) is 4.68. The van der Waals surface area contributed by atoms with Crippen molar-refractivity contribution in [2.45, 2.75) is 25.3 Å². The minimum atomic E-state index is 0.612. The maximum atomic E-state index is 5.91. The third kappa shape index (κ3) is 3.29. The van der Waals surface area contributed by atoms with Crippen LogP contribution in [0.5, 0.6) is 0 Å². The Balaban J connectivity index is 1.58. The zero-order valence-corrected chi connectivity index (χ0v) is 12.2. The van der Waals surface area contributed by atoms with Crippen molar-refractivity contribution >= 4 is 28.8 Å². The van der Waals surface area contributed by atoms with E-state index in [1.54, 1.807) is 11.3 Å². The molecule has 0 amide bonds. The van der Waals surface area contributed by atoms with E-state index in [9.17, 15) is 0 Å². The molecule has 0 aliphatic carbocycles. The van der Waals surface area contributed by atoms with Crippen LogP contribution in [0.15, 0.2) is 18.2 Å². The van der Waals surface area contributed by atoms with Gasteiger partial charge in [-0.05, 0) is 38.1 Å². The summed E-state index contributed by atoms with van der Waals surface area (Å²) in [5, 5.41) is 14.2. The average molecular weight is 297 g/mol. The van der Waals surface area contributed by atoms with Crippen LogP contribution < -0.4 is 10.6 Å². The van der Waals surface area contributed by atoms with E-state index in [-0.39, 0.29) is 0 Å². The lowest BCUT2D eigenvalue weighted by Gasteiger charge is -2.20. The summed E-state index contributed by atoms with van der Waals surface area (Å²) in [6.07, 6.45) is 2.37. The van der Waals surface area contributed by atoms with Gasteiger partial charge in [-0.3, -0.25) is 5.10 Å². The molecule has 0 unspecified atom stereocenters. The van der Waals surface area contributed by atoms with Crippen molar-refractivity contribution < 1.29 is 0 Å². The summed E-state index contributed by atoms with van der Waals surface area (Å²) < 4.78 is 0.828. The van der Waals surface area contributed by atoms with Crippen molar-refractivity contribution in [1.82, 2.24) is 15.5 Å². The second kappa shape index (κ2) is 5.94. The number of thiophene rings is 1. The highest BCUT2D eigenvalue weighted by molar-refractivity contribution is 7.16. The third-order valence-electron chi connectivity index (χ3n) is 3.45. The van der Waals surface area contributed by atoms with Crippen molar-refractivity contribution in [2.24, 2.45) is 0 Å². The fourth-order valence-electron chi connectivity index (χ4n) is 2.39. The van der Waals surface area contributed by atoms with Gasteiger partial charge in [0.2, 0.25) is 0 Å². The van der Waals surface area contributed by atoms with Crippen LogP contribution in [0, 0.1) is 0 Å². The maximum Gasteiger partial charge on any atom is 0.148 e. The number of nitrogens with one attached hydrogen (secondary N) is 3. The average Bonchev–Trinajstić information content (AvgIpc) is 3.06. The Labute approximate surface area is 121 Å². The standard InChI is InChI=1S/C13H17ClN4S/c14-12-2-1-10(19-12)8-16-13-7-11(17-18-13)9-3-5-15-6-4-9/h1-2,7,9,15H,3-6,8H2,(H2,16,17,18). The molecular weight excluding hydrogens is 280 g/mol. The van der Waals surface area contributed by atoms with E-state index in [0.29, 0.717) is 5.92 Å². The van der Waals surface area contributed by atoms with Gasteiger partial charge >= 0.3 is 0 Å². The van der Waals surface area contributed by atoms with Crippen molar-refractivity contribution in [2.75, 3.05) is 18.4 Å². The topological polar surface area (TPSA) is 52.7 Å². The Bertz CT molecular complexity index is 530. The number of aromatic nitrogens is 2. The van der Waals surface area contributed by atoms with Crippen molar-refractivity contribution in [3.05, 3.63) is 33.1 Å². The lowest BCUT2D eigenvalue weighted by Crippen LogP contribution is -2.26. The first-order valence-corrected chi connectivity index (χ1v) is 7.75. The molecule has 0 radical (unpaired) electrons. The van der Waals surface area contributed by atoms with E-state index in [2.05, 4.69) is 26.9 Å². The van der Waals surface area contributed by atoms with Crippen LogP contribution in [0.3, 0.4) is 0 Å². The molecule has 3 rings (SSSR count). The summed E-state index contributed by atoms with van der Waals surface area (Å²) in [6.45, 7) is 2.97. The molecule has 0 spiro atoms. The molecule has 0 atom stereocenters. The van der Waals surface area contributed by atoms with Gasteiger partial charge in [0.05, 0.1) is 10.9 Å². The molecule has 1 fully saturated rings. The number of H-pyrrole nitrogens is 1. The monoisotopic (exact) mass is 296 g/mol. The van der Waals surface area contributed by atoms with Crippen molar-refractivity contribution in [1.29, 1.82) is 0 Å². The summed E-state index contributed by atoms with van der Waals surface area (Å²) in [5.41, 5.74) is 1.24. The highest BCUT2D eigenvalue weighted by Gasteiger charge is 2.17. The Morgan fingerprint density at radius 3 is 2.95 bits per heavy atom. The lowest BCUT2D eigenvalue weighted by atomic mass is 9.95. The molecule has 0 bridgehead atoms. The molecule has 102 valence electrons. The van der Waals surface area contributed by atoms with Gasteiger partial charge in [-0.15, -0.1) is 11.3 Å². The first kappa shape index (κ1) is 13.0. The predicted octanol–water partition coefficient (Wildman–Crippen LogP) is 3.20. The van der Waals surface area contributed by atoms with Gasteiger partial charge < -0.3 is 10.6 Å². The zero-order valence-electron chi connectivity index (χ0n) is 10.6. The summed E-state index contributed by atoms with van der Waals surface area (Å²) in [5.74, 6) is 1.53. The van der Waals surface area contributed by atoms with Crippen molar-refractivity contribution in [3.63, 3.8) is 0 Å². The Hall–Kier alpha value is -1.04. The molecular formula is C13H17ClN4S. The van der Waals surface area contributed by atoms with Crippen LogP contribution in [0.4, 0.5) is 5.82 Å². The Kier molecular flexibility index (Phi) is 4.06. The summed E-state index contributed by atoms with van der Waals surface area (Å²) in [6, 6.07) is 6.10. The molecule has 3 N–H and O–H groups in total. The molecule has 6 heteroatoms. The van der Waals surface area contributed by atoms with E-state index < -0.39 is 0 Å². The van der Waals surface area contributed by atoms with Gasteiger partial charge in [-0.1, -0.05) is 11.6 Å². The maximum absolute atomic E-state index is 5.91. The fraction of sp³-hybridized carbons (Fsp3) is 0.462. The Morgan fingerprint density at radius 1 is 1.37 bits per heavy atom. The van der Waals surface area contributed by atoms with Gasteiger partial charge in [0.15, 0.2) is 0 Å². The fourth-order valence-corrected chi connectivity index (χ4v) is 3.42.